The Hall–Kier alpha value is -1.34. The second-order valence-electron chi connectivity index (χ2n) is 4.90. The van der Waals surface area contributed by atoms with Crippen LogP contribution in [0.25, 0.3) is 0 Å². The summed E-state index contributed by atoms with van der Waals surface area (Å²) in [5.41, 5.74) is 6.85. The van der Waals surface area contributed by atoms with E-state index in [-0.39, 0.29) is 12.4 Å². The fourth-order valence-electron chi connectivity index (χ4n) is 2.35. The Kier molecular flexibility index (Phi) is 4.49. The summed E-state index contributed by atoms with van der Waals surface area (Å²) >= 11 is 0. The smallest absolute Gasteiger partial charge is 0.369 e. The summed E-state index contributed by atoms with van der Waals surface area (Å²) in [7, 11) is 0. The third-order valence-corrected chi connectivity index (χ3v) is 3.32. The number of hydrogen-bond acceptors (Lipinski definition) is 3. The average Bonchev–Trinajstić information content (AvgIpc) is 2.37. The molecule has 0 bridgehead atoms. The molecule has 1 heterocycles. The zero-order valence-corrected chi connectivity index (χ0v) is 11.0. The number of hydrogen-bond donors (Lipinski definition) is 1. The molecule has 0 atom stereocenters. The molecule has 0 saturated carbocycles. The van der Waals surface area contributed by atoms with Crippen molar-refractivity contribution in [3.05, 3.63) is 29.6 Å². The predicted molar refractivity (Wildman–Crippen MR) is 69.0 cm³/mol. The first-order valence-electron chi connectivity index (χ1n) is 6.41. The van der Waals surface area contributed by atoms with Gasteiger partial charge < -0.3 is 10.6 Å². The highest BCUT2D eigenvalue weighted by molar-refractivity contribution is 5.49. The van der Waals surface area contributed by atoms with Crippen molar-refractivity contribution in [2.24, 2.45) is 5.73 Å². The van der Waals surface area contributed by atoms with Gasteiger partial charge >= 0.3 is 6.18 Å². The van der Waals surface area contributed by atoms with Crippen molar-refractivity contribution < 1.29 is 17.6 Å². The average molecular weight is 291 g/mol. The molecular weight excluding hydrogens is 274 g/mol. The Morgan fingerprint density at radius 3 is 2.25 bits per heavy atom. The van der Waals surface area contributed by atoms with Crippen LogP contribution >= 0.6 is 0 Å². The van der Waals surface area contributed by atoms with Crippen molar-refractivity contribution in [3.63, 3.8) is 0 Å². The van der Waals surface area contributed by atoms with E-state index in [1.165, 1.54) is 17.0 Å². The lowest BCUT2D eigenvalue weighted by atomic mass is 10.1. The van der Waals surface area contributed by atoms with E-state index in [1.54, 1.807) is 6.07 Å². The Morgan fingerprint density at radius 1 is 1.05 bits per heavy atom. The summed E-state index contributed by atoms with van der Waals surface area (Å²) in [6, 6.07) is 4.53. The Labute approximate surface area is 115 Å². The molecule has 1 saturated heterocycles. The molecule has 0 radical (unpaired) electrons. The minimum Gasteiger partial charge on any atom is -0.369 e. The van der Waals surface area contributed by atoms with Crippen molar-refractivity contribution in [1.29, 1.82) is 0 Å². The molecule has 20 heavy (non-hydrogen) atoms. The normalized spacial score (nSPS) is 17.6. The summed E-state index contributed by atoms with van der Waals surface area (Å²) in [4.78, 5) is 3.24. The number of piperazine rings is 1. The summed E-state index contributed by atoms with van der Waals surface area (Å²) in [5.74, 6) is -0.374. The molecule has 1 aliphatic rings. The minimum atomic E-state index is -4.17. The van der Waals surface area contributed by atoms with E-state index in [4.69, 9.17) is 5.73 Å². The van der Waals surface area contributed by atoms with Gasteiger partial charge in [0.25, 0.3) is 0 Å². The van der Waals surface area contributed by atoms with Crippen LogP contribution in [0, 0.1) is 5.82 Å². The molecule has 0 amide bonds. The van der Waals surface area contributed by atoms with Gasteiger partial charge in [0.2, 0.25) is 0 Å². The van der Waals surface area contributed by atoms with Crippen molar-refractivity contribution in [2.45, 2.75) is 12.7 Å². The molecule has 2 rings (SSSR count). The number of halogens is 4. The molecule has 0 unspecified atom stereocenters. The molecule has 112 valence electrons. The zero-order chi connectivity index (χ0) is 14.8. The highest BCUT2D eigenvalue weighted by atomic mass is 19.4. The van der Waals surface area contributed by atoms with Gasteiger partial charge in [-0.25, -0.2) is 4.39 Å². The van der Waals surface area contributed by atoms with Crippen molar-refractivity contribution >= 4 is 5.69 Å². The van der Waals surface area contributed by atoms with Crippen molar-refractivity contribution in [3.8, 4) is 0 Å². The van der Waals surface area contributed by atoms with E-state index in [1.807, 2.05) is 4.90 Å². The first-order valence-corrected chi connectivity index (χ1v) is 6.41. The number of rotatable bonds is 3. The van der Waals surface area contributed by atoms with Crippen molar-refractivity contribution in [1.82, 2.24) is 4.90 Å². The fraction of sp³-hybridized carbons (Fsp3) is 0.538. The van der Waals surface area contributed by atoms with Crippen LogP contribution in [0.5, 0.6) is 0 Å². The summed E-state index contributed by atoms with van der Waals surface area (Å²) in [6.45, 7) is 0.867. The maximum absolute atomic E-state index is 13.4. The first kappa shape index (κ1) is 15.1. The molecule has 0 aliphatic carbocycles. The van der Waals surface area contributed by atoms with Crippen LogP contribution in [-0.2, 0) is 6.54 Å². The van der Waals surface area contributed by atoms with Gasteiger partial charge in [-0.2, -0.15) is 13.2 Å². The maximum atomic E-state index is 13.4. The monoisotopic (exact) mass is 291 g/mol. The van der Waals surface area contributed by atoms with Gasteiger partial charge in [-0.1, -0.05) is 0 Å². The summed E-state index contributed by atoms with van der Waals surface area (Å²) < 4.78 is 50.3. The van der Waals surface area contributed by atoms with Gasteiger partial charge in [0.1, 0.15) is 5.82 Å². The van der Waals surface area contributed by atoms with E-state index in [0.717, 1.165) is 0 Å². The van der Waals surface area contributed by atoms with Crippen molar-refractivity contribution in [2.75, 3.05) is 37.6 Å². The number of alkyl halides is 3. The van der Waals surface area contributed by atoms with Crippen LogP contribution < -0.4 is 10.6 Å². The van der Waals surface area contributed by atoms with E-state index in [0.29, 0.717) is 37.4 Å². The van der Waals surface area contributed by atoms with Crippen LogP contribution in [-0.4, -0.2) is 43.8 Å². The molecule has 0 spiro atoms. The lowest BCUT2D eigenvalue weighted by Crippen LogP contribution is -2.49. The number of nitrogens with two attached hydrogens (primary N) is 1. The third kappa shape index (κ3) is 4.08. The van der Waals surface area contributed by atoms with E-state index in [9.17, 15) is 17.6 Å². The number of anilines is 1. The molecule has 2 N–H and O–H groups in total. The number of benzene rings is 1. The SMILES string of the molecule is NCc1cc(F)cc(N2CCN(CC(F)(F)F)CC2)c1. The quantitative estimate of drug-likeness (QED) is 0.864. The van der Waals surface area contributed by atoms with E-state index >= 15 is 0 Å². The molecule has 1 aromatic rings. The molecule has 1 aliphatic heterocycles. The zero-order valence-electron chi connectivity index (χ0n) is 11.0. The Balaban J connectivity index is 1.98. The highest BCUT2D eigenvalue weighted by Crippen LogP contribution is 2.22. The van der Waals surface area contributed by atoms with Crippen LogP contribution in [0.2, 0.25) is 0 Å². The van der Waals surface area contributed by atoms with Gasteiger partial charge in [-0.05, 0) is 23.8 Å². The first-order chi connectivity index (χ1) is 9.37. The van der Waals surface area contributed by atoms with Gasteiger partial charge in [0, 0.05) is 38.4 Å². The van der Waals surface area contributed by atoms with E-state index < -0.39 is 12.7 Å². The van der Waals surface area contributed by atoms with Crippen LogP contribution in [0.4, 0.5) is 23.2 Å². The Bertz CT molecular complexity index is 453. The standard InChI is InChI=1S/C13H17F4N3/c14-11-5-10(8-18)6-12(7-11)20-3-1-19(2-4-20)9-13(15,16)17/h5-7H,1-4,8-9,18H2. The maximum Gasteiger partial charge on any atom is 0.401 e. The second-order valence-corrected chi connectivity index (χ2v) is 4.90. The summed E-state index contributed by atoms with van der Waals surface area (Å²) in [6.07, 6.45) is -4.17. The number of nitrogens with zero attached hydrogens (tertiary/aromatic N) is 2. The van der Waals surface area contributed by atoms with Gasteiger partial charge in [-0.3, -0.25) is 4.90 Å². The Morgan fingerprint density at radius 2 is 1.70 bits per heavy atom. The fourth-order valence-corrected chi connectivity index (χ4v) is 2.35. The van der Waals surface area contributed by atoms with Crippen LogP contribution in [0.1, 0.15) is 5.56 Å². The van der Waals surface area contributed by atoms with E-state index in [2.05, 4.69) is 0 Å². The molecule has 0 aromatic heterocycles. The predicted octanol–water partition coefficient (Wildman–Crippen LogP) is 1.97. The molecule has 1 fully saturated rings. The van der Waals surface area contributed by atoms with Gasteiger partial charge in [0.15, 0.2) is 0 Å². The lowest BCUT2D eigenvalue weighted by molar-refractivity contribution is -0.146. The van der Waals surface area contributed by atoms with Gasteiger partial charge in [-0.15, -0.1) is 0 Å². The third-order valence-electron chi connectivity index (χ3n) is 3.32. The van der Waals surface area contributed by atoms with Crippen LogP contribution in [0.3, 0.4) is 0 Å². The van der Waals surface area contributed by atoms with Crippen LogP contribution in [0.15, 0.2) is 18.2 Å². The minimum absolute atomic E-state index is 0.235. The molecule has 3 nitrogen and oxygen atoms in total. The highest BCUT2D eigenvalue weighted by Gasteiger charge is 2.32. The topological polar surface area (TPSA) is 32.5 Å². The molecule has 7 heteroatoms. The summed E-state index contributed by atoms with van der Waals surface area (Å²) in [5, 5.41) is 0. The molecular formula is C13H17F4N3. The second kappa shape index (κ2) is 5.97. The van der Waals surface area contributed by atoms with Gasteiger partial charge in [0.05, 0.1) is 6.54 Å². The lowest BCUT2D eigenvalue weighted by Gasteiger charge is -2.36. The molecule has 1 aromatic carbocycles. The largest absolute Gasteiger partial charge is 0.401 e.